The van der Waals surface area contributed by atoms with Gasteiger partial charge in [-0.05, 0) is 7.05 Å². The Labute approximate surface area is 124 Å². The highest BCUT2D eigenvalue weighted by Crippen LogP contribution is 2.16. The van der Waals surface area contributed by atoms with Gasteiger partial charge in [0, 0.05) is 52.4 Å². The molecule has 0 atom stereocenters. The number of hydrogen-bond donors (Lipinski definition) is 0. The van der Waals surface area contributed by atoms with E-state index in [1.165, 1.54) is 0 Å². The summed E-state index contributed by atoms with van der Waals surface area (Å²) in [5, 5.41) is 8.25. The number of amides is 1. The predicted molar refractivity (Wildman–Crippen MR) is 79.4 cm³/mol. The summed E-state index contributed by atoms with van der Waals surface area (Å²) in [6, 6.07) is 0. The van der Waals surface area contributed by atoms with Gasteiger partial charge in [-0.25, -0.2) is 0 Å². The van der Waals surface area contributed by atoms with Gasteiger partial charge < -0.3 is 19.6 Å². The molecule has 2 aliphatic rings. The highest BCUT2D eigenvalue weighted by Gasteiger charge is 2.20. The first-order valence-corrected chi connectivity index (χ1v) is 7.34. The first kappa shape index (κ1) is 14.0. The van der Waals surface area contributed by atoms with Crippen LogP contribution in [0.15, 0.2) is 6.20 Å². The van der Waals surface area contributed by atoms with Crippen molar-refractivity contribution in [2.24, 2.45) is 0 Å². The van der Waals surface area contributed by atoms with Crippen molar-refractivity contribution in [3.8, 4) is 0 Å². The number of likely N-dealkylation sites (N-methyl/N-ethyl adjacent to an activating group) is 1. The molecule has 0 radical (unpaired) electrons. The monoisotopic (exact) mass is 291 g/mol. The summed E-state index contributed by atoms with van der Waals surface area (Å²) < 4.78 is 0. The largest absolute Gasteiger partial charge is 0.353 e. The lowest BCUT2D eigenvalue weighted by molar-refractivity contribution is -0.118. The summed E-state index contributed by atoms with van der Waals surface area (Å²) in [5.41, 5.74) is 0. The molecule has 114 valence electrons. The van der Waals surface area contributed by atoms with E-state index < -0.39 is 0 Å². The first-order valence-electron chi connectivity index (χ1n) is 7.34. The zero-order valence-electron chi connectivity index (χ0n) is 12.4. The van der Waals surface area contributed by atoms with E-state index in [4.69, 9.17) is 0 Å². The Morgan fingerprint density at radius 2 is 1.67 bits per heavy atom. The first-order chi connectivity index (χ1) is 10.3. The standard InChI is InChI=1S/C13H21N7O/c1-17-2-6-19(7-3-17)12-10-14-16-13(15-12)20-8-4-18(11-21)5-9-20/h10-11H,2-9H2,1H3. The number of anilines is 2. The lowest BCUT2D eigenvalue weighted by atomic mass is 10.3. The van der Waals surface area contributed by atoms with Crippen LogP contribution < -0.4 is 9.80 Å². The molecule has 21 heavy (non-hydrogen) atoms. The third-order valence-electron chi connectivity index (χ3n) is 4.11. The molecule has 2 aliphatic heterocycles. The van der Waals surface area contributed by atoms with Gasteiger partial charge in [-0.3, -0.25) is 4.79 Å². The van der Waals surface area contributed by atoms with Gasteiger partial charge in [0.05, 0.1) is 6.20 Å². The summed E-state index contributed by atoms with van der Waals surface area (Å²) in [4.78, 5) is 23.8. The van der Waals surface area contributed by atoms with E-state index >= 15 is 0 Å². The van der Waals surface area contributed by atoms with Crippen LogP contribution in [0.1, 0.15) is 0 Å². The Hall–Kier alpha value is -1.96. The average molecular weight is 291 g/mol. The minimum Gasteiger partial charge on any atom is -0.353 e. The van der Waals surface area contributed by atoms with Crippen LogP contribution in [-0.2, 0) is 4.79 Å². The van der Waals surface area contributed by atoms with Gasteiger partial charge in [0.25, 0.3) is 0 Å². The molecule has 3 rings (SSSR count). The van der Waals surface area contributed by atoms with Crippen molar-refractivity contribution in [2.45, 2.75) is 0 Å². The summed E-state index contributed by atoms with van der Waals surface area (Å²) >= 11 is 0. The third kappa shape index (κ3) is 3.21. The van der Waals surface area contributed by atoms with E-state index in [9.17, 15) is 4.79 Å². The molecule has 2 saturated heterocycles. The van der Waals surface area contributed by atoms with E-state index in [0.717, 1.165) is 51.5 Å². The second-order valence-corrected chi connectivity index (χ2v) is 5.53. The summed E-state index contributed by atoms with van der Waals surface area (Å²) in [7, 11) is 2.13. The van der Waals surface area contributed by atoms with E-state index in [-0.39, 0.29) is 0 Å². The van der Waals surface area contributed by atoms with E-state index in [0.29, 0.717) is 19.0 Å². The number of rotatable bonds is 3. The minimum absolute atomic E-state index is 0.664. The summed E-state index contributed by atoms with van der Waals surface area (Å²) in [6.45, 7) is 6.95. The Kier molecular flexibility index (Phi) is 4.14. The van der Waals surface area contributed by atoms with Crippen molar-refractivity contribution in [1.29, 1.82) is 0 Å². The molecule has 3 heterocycles. The van der Waals surface area contributed by atoms with Crippen molar-refractivity contribution in [1.82, 2.24) is 25.0 Å². The fraction of sp³-hybridized carbons (Fsp3) is 0.692. The SMILES string of the molecule is CN1CCN(c2cnnc(N3CCN(C=O)CC3)n2)CC1. The molecular formula is C13H21N7O. The highest BCUT2D eigenvalue weighted by atomic mass is 16.1. The zero-order chi connectivity index (χ0) is 14.7. The van der Waals surface area contributed by atoms with Gasteiger partial charge in [0.2, 0.25) is 12.4 Å². The van der Waals surface area contributed by atoms with Crippen molar-refractivity contribution in [3.05, 3.63) is 6.20 Å². The lowest BCUT2D eigenvalue weighted by Gasteiger charge is -2.34. The molecule has 0 spiro atoms. The van der Waals surface area contributed by atoms with Crippen LogP contribution in [0.25, 0.3) is 0 Å². The van der Waals surface area contributed by atoms with Crippen molar-refractivity contribution >= 4 is 18.2 Å². The summed E-state index contributed by atoms with van der Waals surface area (Å²) in [6.07, 6.45) is 2.63. The fourth-order valence-electron chi connectivity index (χ4n) is 2.64. The van der Waals surface area contributed by atoms with Crippen LogP contribution in [0.2, 0.25) is 0 Å². The molecule has 0 bridgehead atoms. The van der Waals surface area contributed by atoms with Crippen LogP contribution in [0, 0.1) is 0 Å². The normalized spacial score (nSPS) is 20.7. The van der Waals surface area contributed by atoms with Crippen molar-refractivity contribution in [3.63, 3.8) is 0 Å². The molecule has 0 N–H and O–H groups in total. The molecule has 8 heteroatoms. The van der Waals surface area contributed by atoms with Crippen LogP contribution in [-0.4, -0.2) is 90.8 Å². The smallest absolute Gasteiger partial charge is 0.247 e. The van der Waals surface area contributed by atoms with Crippen LogP contribution in [0.3, 0.4) is 0 Å². The minimum atomic E-state index is 0.664. The molecule has 1 aromatic heterocycles. The fourth-order valence-corrected chi connectivity index (χ4v) is 2.64. The lowest BCUT2D eigenvalue weighted by Crippen LogP contribution is -2.47. The predicted octanol–water partition coefficient (Wildman–Crippen LogP) is -1.10. The number of hydrogen-bond acceptors (Lipinski definition) is 7. The van der Waals surface area contributed by atoms with Crippen molar-refractivity contribution < 1.29 is 4.79 Å². The summed E-state index contributed by atoms with van der Waals surface area (Å²) in [5.74, 6) is 1.56. The maximum atomic E-state index is 10.7. The van der Waals surface area contributed by atoms with Gasteiger partial charge in [0.1, 0.15) is 0 Å². The molecule has 2 fully saturated rings. The Balaban J connectivity index is 1.67. The third-order valence-corrected chi connectivity index (χ3v) is 4.11. The molecule has 0 aromatic carbocycles. The zero-order valence-corrected chi connectivity index (χ0v) is 12.4. The second-order valence-electron chi connectivity index (χ2n) is 5.53. The maximum Gasteiger partial charge on any atom is 0.247 e. The van der Waals surface area contributed by atoms with Gasteiger partial charge in [0.15, 0.2) is 5.82 Å². The van der Waals surface area contributed by atoms with E-state index in [1.54, 1.807) is 11.1 Å². The molecule has 0 unspecified atom stereocenters. The molecule has 0 saturated carbocycles. The maximum absolute atomic E-state index is 10.7. The Morgan fingerprint density at radius 1 is 1.00 bits per heavy atom. The molecule has 1 amide bonds. The van der Waals surface area contributed by atoms with Crippen molar-refractivity contribution in [2.75, 3.05) is 69.2 Å². The highest BCUT2D eigenvalue weighted by molar-refractivity contribution is 5.49. The van der Waals surface area contributed by atoms with Gasteiger partial charge in [-0.2, -0.15) is 10.1 Å². The van der Waals surface area contributed by atoms with Crippen LogP contribution in [0.4, 0.5) is 11.8 Å². The average Bonchev–Trinajstić information content (AvgIpc) is 2.56. The number of aromatic nitrogens is 3. The molecule has 0 aliphatic carbocycles. The molecule has 1 aromatic rings. The Bertz CT molecular complexity index is 481. The van der Waals surface area contributed by atoms with Crippen LogP contribution >= 0.6 is 0 Å². The van der Waals surface area contributed by atoms with E-state index in [2.05, 4.69) is 36.9 Å². The molecule has 8 nitrogen and oxygen atoms in total. The quantitative estimate of drug-likeness (QED) is 0.655. The van der Waals surface area contributed by atoms with Crippen LogP contribution in [0.5, 0.6) is 0 Å². The second kappa shape index (κ2) is 6.21. The number of piperazine rings is 2. The van der Waals surface area contributed by atoms with Gasteiger partial charge in [-0.1, -0.05) is 0 Å². The molecular weight excluding hydrogens is 270 g/mol. The van der Waals surface area contributed by atoms with E-state index in [1.807, 2.05) is 0 Å². The topological polar surface area (TPSA) is 68.7 Å². The number of carbonyl (C=O) groups is 1. The van der Waals surface area contributed by atoms with Gasteiger partial charge >= 0.3 is 0 Å². The van der Waals surface area contributed by atoms with Gasteiger partial charge in [-0.15, -0.1) is 5.10 Å². The number of carbonyl (C=O) groups excluding carboxylic acids is 1. The Morgan fingerprint density at radius 3 is 2.33 bits per heavy atom. The number of nitrogens with zero attached hydrogens (tertiary/aromatic N) is 7.